The van der Waals surface area contributed by atoms with E-state index in [1.165, 1.54) is 11.6 Å². The largest absolute Gasteiger partial charge is 0.508 e. The molecule has 1 aliphatic carbocycles. The lowest BCUT2D eigenvalue weighted by molar-refractivity contribution is 0.0419. The summed E-state index contributed by atoms with van der Waals surface area (Å²) in [5.74, 6) is -0.0560. The molecule has 0 saturated carbocycles. The Hall–Kier alpha value is -3.10. The highest BCUT2D eigenvalue weighted by atomic mass is 16.5. The molecule has 1 aliphatic heterocycles. The van der Waals surface area contributed by atoms with Gasteiger partial charge in [0.1, 0.15) is 11.5 Å². The Morgan fingerprint density at radius 2 is 1.91 bits per heavy atom. The first-order valence-electron chi connectivity index (χ1n) is 11.9. The highest BCUT2D eigenvalue weighted by Crippen LogP contribution is 2.43. The summed E-state index contributed by atoms with van der Waals surface area (Å²) >= 11 is 0. The molecule has 8 heteroatoms. The van der Waals surface area contributed by atoms with Crippen molar-refractivity contribution in [2.24, 2.45) is 0 Å². The Morgan fingerprint density at radius 3 is 2.56 bits per heavy atom. The summed E-state index contributed by atoms with van der Waals surface area (Å²) in [4.78, 5) is 15.2. The molecule has 0 radical (unpaired) electrons. The lowest BCUT2D eigenvalue weighted by atomic mass is 9.89. The quantitative estimate of drug-likeness (QED) is 0.563. The van der Waals surface area contributed by atoms with Crippen molar-refractivity contribution in [2.45, 2.75) is 39.5 Å². The Morgan fingerprint density at radius 1 is 1.15 bits per heavy atom. The number of carbonyl (C=O) groups excluding carboxylic acids is 1. The summed E-state index contributed by atoms with van der Waals surface area (Å²) in [5.41, 5.74) is 4.14. The molecule has 4 rings (SSSR count). The fourth-order valence-corrected chi connectivity index (χ4v) is 4.48. The second-order valence-corrected chi connectivity index (χ2v) is 9.08. The molecule has 182 valence electrons. The van der Waals surface area contributed by atoms with Gasteiger partial charge in [-0.05, 0) is 42.9 Å². The van der Waals surface area contributed by atoms with E-state index in [1.54, 1.807) is 6.07 Å². The molecule has 1 saturated heterocycles. The standard InChI is InChI=1S/C26H33N3O5/c1-4-27-26(32)24-23(18-7-5-17(6-8-18)15-29-9-11-33-12-10-29)25(34-28-24)20-13-19(16(2)3)21(30)14-22(20)31/h5,7,13-14,16,30-31H,4,6,8-12,15H2,1-3H3,(H,27,32). The van der Waals surface area contributed by atoms with Crippen molar-refractivity contribution in [2.75, 3.05) is 39.4 Å². The average Bonchev–Trinajstić information content (AvgIpc) is 3.25. The van der Waals surface area contributed by atoms with E-state index in [1.807, 2.05) is 26.8 Å². The summed E-state index contributed by atoms with van der Waals surface area (Å²) in [5, 5.41) is 27.8. The minimum absolute atomic E-state index is 0.0221. The van der Waals surface area contributed by atoms with Crippen LogP contribution in [0, 0.1) is 0 Å². The van der Waals surface area contributed by atoms with Crippen molar-refractivity contribution >= 4 is 11.5 Å². The lowest BCUT2D eigenvalue weighted by Crippen LogP contribution is -2.37. The first kappa shape index (κ1) is 24.0. The third kappa shape index (κ3) is 5.03. The summed E-state index contributed by atoms with van der Waals surface area (Å²) in [6.45, 7) is 10.5. The number of benzene rings is 1. The molecule has 2 aromatic rings. The molecule has 1 aromatic carbocycles. The van der Waals surface area contributed by atoms with Gasteiger partial charge < -0.3 is 24.8 Å². The van der Waals surface area contributed by atoms with Crippen LogP contribution in [0.15, 0.2) is 34.4 Å². The molecule has 0 spiro atoms. The van der Waals surface area contributed by atoms with E-state index >= 15 is 0 Å². The smallest absolute Gasteiger partial charge is 0.274 e. The fourth-order valence-electron chi connectivity index (χ4n) is 4.48. The van der Waals surface area contributed by atoms with Gasteiger partial charge in [-0.1, -0.05) is 36.7 Å². The van der Waals surface area contributed by atoms with Crippen LogP contribution in [-0.4, -0.2) is 65.6 Å². The van der Waals surface area contributed by atoms with E-state index < -0.39 is 0 Å². The van der Waals surface area contributed by atoms with Crippen molar-refractivity contribution in [3.63, 3.8) is 0 Å². The number of ether oxygens (including phenoxy) is 1. The van der Waals surface area contributed by atoms with Crippen LogP contribution in [0.3, 0.4) is 0 Å². The summed E-state index contributed by atoms with van der Waals surface area (Å²) < 4.78 is 11.1. The van der Waals surface area contributed by atoms with E-state index in [0.717, 1.165) is 51.3 Å². The van der Waals surface area contributed by atoms with Crippen LogP contribution in [-0.2, 0) is 4.74 Å². The number of phenolic OH excluding ortho intramolecular Hbond substituents is 2. The Balaban J connectivity index is 1.74. The molecule has 1 amide bonds. The maximum Gasteiger partial charge on any atom is 0.274 e. The van der Waals surface area contributed by atoms with Crippen LogP contribution in [0.1, 0.15) is 61.1 Å². The van der Waals surface area contributed by atoms with Crippen molar-refractivity contribution in [1.82, 2.24) is 15.4 Å². The zero-order chi connectivity index (χ0) is 24.2. The third-order valence-electron chi connectivity index (χ3n) is 6.34. The van der Waals surface area contributed by atoms with Crippen molar-refractivity contribution in [1.29, 1.82) is 0 Å². The van der Waals surface area contributed by atoms with E-state index in [-0.39, 0.29) is 29.0 Å². The molecule has 0 unspecified atom stereocenters. The summed E-state index contributed by atoms with van der Waals surface area (Å²) in [6.07, 6.45) is 5.73. The maximum absolute atomic E-state index is 12.8. The maximum atomic E-state index is 12.8. The molecular formula is C26H33N3O5. The Labute approximate surface area is 199 Å². The van der Waals surface area contributed by atoms with E-state index in [9.17, 15) is 15.0 Å². The third-order valence-corrected chi connectivity index (χ3v) is 6.34. The molecule has 8 nitrogen and oxygen atoms in total. The highest BCUT2D eigenvalue weighted by Gasteiger charge is 2.29. The van der Waals surface area contributed by atoms with Crippen LogP contribution >= 0.6 is 0 Å². The SMILES string of the molecule is CCNC(=O)c1noc(-c2cc(C(C)C)c(O)cc2O)c1C1=CC=C(CN2CCOCC2)CC1. The molecule has 2 aliphatic rings. The van der Waals surface area contributed by atoms with Crippen LogP contribution in [0.2, 0.25) is 0 Å². The van der Waals surface area contributed by atoms with Crippen LogP contribution in [0.25, 0.3) is 16.9 Å². The van der Waals surface area contributed by atoms with Gasteiger partial charge in [-0.2, -0.15) is 0 Å². The summed E-state index contributed by atoms with van der Waals surface area (Å²) in [7, 11) is 0. The van der Waals surface area contributed by atoms with Gasteiger partial charge in [0.15, 0.2) is 11.5 Å². The van der Waals surface area contributed by atoms with Crippen molar-refractivity contribution in [3.8, 4) is 22.8 Å². The van der Waals surface area contributed by atoms with Gasteiger partial charge >= 0.3 is 0 Å². The number of nitrogens with zero attached hydrogens (tertiary/aromatic N) is 2. The number of morpholine rings is 1. The van der Waals surface area contributed by atoms with Gasteiger partial charge in [0, 0.05) is 32.2 Å². The molecular weight excluding hydrogens is 434 g/mol. The minimum atomic E-state index is -0.321. The van der Waals surface area contributed by atoms with Gasteiger partial charge in [-0.3, -0.25) is 9.69 Å². The number of nitrogens with one attached hydrogen (secondary N) is 1. The number of carbonyl (C=O) groups is 1. The molecule has 2 heterocycles. The van der Waals surface area contributed by atoms with E-state index in [2.05, 4.69) is 21.4 Å². The van der Waals surface area contributed by atoms with Crippen LogP contribution in [0.4, 0.5) is 0 Å². The zero-order valence-corrected chi connectivity index (χ0v) is 20.1. The lowest BCUT2D eigenvalue weighted by Gasteiger charge is -2.28. The molecule has 1 aromatic heterocycles. The van der Waals surface area contributed by atoms with Gasteiger partial charge in [-0.15, -0.1) is 0 Å². The number of phenols is 2. The van der Waals surface area contributed by atoms with Crippen LogP contribution < -0.4 is 5.32 Å². The predicted octanol–water partition coefficient (Wildman–Crippen LogP) is 4.06. The number of hydrogen-bond donors (Lipinski definition) is 3. The number of hydrogen-bond acceptors (Lipinski definition) is 7. The first-order chi connectivity index (χ1) is 16.4. The molecule has 0 atom stereocenters. The Kier molecular flexibility index (Phi) is 7.38. The highest BCUT2D eigenvalue weighted by molar-refractivity contribution is 6.00. The van der Waals surface area contributed by atoms with Gasteiger partial charge in [0.2, 0.25) is 0 Å². The van der Waals surface area contributed by atoms with E-state index in [0.29, 0.717) is 29.0 Å². The number of amides is 1. The van der Waals surface area contributed by atoms with Crippen molar-refractivity contribution in [3.05, 3.63) is 46.7 Å². The number of rotatable bonds is 7. The fraction of sp³-hybridized carbons (Fsp3) is 0.462. The minimum Gasteiger partial charge on any atom is -0.508 e. The molecule has 0 bridgehead atoms. The average molecular weight is 468 g/mol. The van der Waals surface area contributed by atoms with E-state index in [4.69, 9.17) is 9.26 Å². The topological polar surface area (TPSA) is 108 Å². The predicted molar refractivity (Wildman–Crippen MR) is 130 cm³/mol. The number of aromatic hydroxyl groups is 2. The monoisotopic (exact) mass is 467 g/mol. The zero-order valence-electron chi connectivity index (χ0n) is 20.1. The van der Waals surface area contributed by atoms with Crippen LogP contribution in [0.5, 0.6) is 11.5 Å². The number of aromatic nitrogens is 1. The number of allylic oxidation sites excluding steroid dienone is 3. The van der Waals surface area contributed by atoms with Gasteiger partial charge in [0.25, 0.3) is 5.91 Å². The second kappa shape index (κ2) is 10.4. The van der Waals surface area contributed by atoms with Gasteiger partial charge in [-0.25, -0.2) is 0 Å². The van der Waals surface area contributed by atoms with Gasteiger partial charge in [0.05, 0.1) is 24.3 Å². The molecule has 1 fully saturated rings. The first-order valence-corrected chi connectivity index (χ1v) is 11.9. The molecule has 3 N–H and O–H groups in total. The normalized spacial score (nSPS) is 16.9. The van der Waals surface area contributed by atoms with Crippen molar-refractivity contribution < 1.29 is 24.3 Å². The summed E-state index contributed by atoms with van der Waals surface area (Å²) in [6, 6.07) is 3.03. The second-order valence-electron chi connectivity index (χ2n) is 9.08. The molecule has 34 heavy (non-hydrogen) atoms. The Bertz CT molecular complexity index is 1110.